The summed E-state index contributed by atoms with van der Waals surface area (Å²) in [7, 11) is 1.62. The van der Waals surface area contributed by atoms with Crippen LogP contribution in [0.3, 0.4) is 0 Å². The lowest BCUT2D eigenvalue weighted by atomic mass is 9.90. The second kappa shape index (κ2) is 6.89. The van der Waals surface area contributed by atoms with Gasteiger partial charge in [-0.3, -0.25) is 4.79 Å². The highest BCUT2D eigenvalue weighted by Gasteiger charge is 2.42. The van der Waals surface area contributed by atoms with Crippen LogP contribution < -0.4 is 10.1 Å². The molecule has 2 amide bonds. The molecule has 0 aliphatic carbocycles. The van der Waals surface area contributed by atoms with E-state index in [1.807, 2.05) is 31.2 Å². The number of hydrogen-bond acceptors (Lipinski definition) is 3. The van der Waals surface area contributed by atoms with Gasteiger partial charge in [0.2, 0.25) is 0 Å². The molecule has 0 radical (unpaired) electrons. The van der Waals surface area contributed by atoms with Crippen molar-refractivity contribution in [1.82, 2.24) is 10.2 Å². The first kappa shape index (κ1) is 17.1. The third-order valence-electron chi connectivity index (χ3n) is 4.32. The number of likely N-dealkylation sites (tertiary alicyclic amines) is 1. The second-order valence-electron chi connectivity index (χ2n) is 6.44. The zero-order valence-corrected chi connectivity index (χ0v) is 13.8. The highest BCUT2D eigenvalue weighted by molar-refractivity contribution is 5.79. The number of carbonyl (C=O) groups excluding carboxylic acids is 1. The molecule has 6 nitrogen and oxygen atoms in total. The molecule has 0 spiro atoms. The van der Waals surface area contributed by atoms with Crippen LogP contribution >= 0.6 is 0 Å². The average molecular weight is 320 g/mol. The number of nitrogens with one attached hydrogen (secondary N) is 1. The maximum Gasteiger partial charge on any atom is 0.317 e. The maximum absolute atomic E-state index is 12.3. The molecule has 1 aromatic rings. The number of hydrogen-bond donors (Lipinski definition) is 2. The number of aliphatic carboxylic acids is 1. The molecule has 1 aliphatic rings. The molecule has 1 saturated heterocycles. The lowest BCUT2D eigenvalue weighted by Gasteiger charge is -2.23. The van der Waals surface area contributed by atoms with Crippen LogP contribution in [0.4, 0.5) is 4.79 Å². The fourth-order valence-electron chi connectivity index (χ4n) is 2.82. The number of benzene rings is 1. The number of carbonyl (C=O) groups is 2. The van der Waals surface area contributed by atoms with E-state index in [1.165, 1.54) is 0 Å². The predicted octanol–water partition coefficient (Wildman–Crippen LogP) is 2.13. The van der Waals surface area contributed by atoms with Crippen LogP contribution in [-0.4, -0.2) is 48.2 Å². The summed E-state index contributed by atoms with van der Waals surface area (Å²) in [6.07, 6.45) is 1.17. The van der Waals surface area contributed by atoms with Crippen molar-refractivity contribution < 1.29 is 19.4 Å². The number of amides is 2. The van der Waals surface area contributed by atoms with E-state index < -0.39 is 11.4 Å². The van der Waals surface area contributed by atoms with Gasteiger partial charge in [0.1, 0.15) is 5.75 Å². The number of methoxy groups -OCH3 is 1. The zero-order valence-electron chi connectivity index (χ0n) is 13.8. The summed E-state index contributed by atoms with van der Waals surface area (Å²) in [4.78, 5) is 25.1. The van der Waals surface area contributed by atoms with Gasteiger partial charge in [-0.2, -0.15) is 0 Å². The summed E-state index contributed by atoms with van der Waals surface area (Å²) in [6.45, 7) is 4.34. The molecule has 1 aliphatic heterocycles. The summed E-state index contributed by atoms with van der Waals surface area (Å²) in [5.41, 5.74) is 0.238. The van der Waals surface area contributed by atoms with Crippen LogP contribution in [0.5, 0.6) is 5.75 Å². The maximum atomic E-state index is 12.3. The highest BCUT2D eigenvalue weighted by atomic mass is 16.5. The van der Waals surface area contributed by atoms with Crippen molar-refractivity contribution in [2.24, 2.45) is 5.41 Å². The largest absolute Gasteiger partial charge is 0.497 e. The SMILES string of the molecule is COc1cccc(CC(C)NC(=O)N2CCC(C)(C(=O)O)C2)c1. The average Bonchev–Trinajstić information content (AvgIpc) is 2.91. The lowest BCUT2D eigenvalue weighted by Crippen LogP contribution is -2.44. The number of urea groups is 1. The Hall–Kier alpha value is -2.24. The van der Waals surface area contributed by atoms with Crippen molar-refractivity contribution in [3.05, 3.63) is 29.8 Å². The van der Waals surface area contributed by atoms with E-state index in [0.29, 0.717) is 19.4 Å². The van der Waals surface area contributed by atoms with Crippen LogP contribution in [0.25, 0.3) is 0 Å². The predicted molar refractivity (Wildman–Crippen MR) is 86.6 cm³/mol. The van der Waals surface area contributed by atoms with Gasteiger partial charge >= 0.3 is 12.0 Å². The van der Waals surface area contributed by atoms with E-state index in [9.17, 15) is 14.7 Å². The Labute approximate surface area is 136 Å². The van der Waals surface area contributed by atoms with Crippen LogP contribution in [0.2, 0.25) is 0 Å². The van der Waals surface area contributed by atoms with Crippen molar-refractivity contribution >= 4 is 12.0 Å². The Morgan fingerprint density at radius 2 is 2.22 bits per heavy atom. The minimum atomic E-state index is -0.850. The topological polar surface area (TPSA) is 78.9 Å². The molecule has 126 valence electrons. The smallest absolute Gasteiger partial charge is 0.317 e. The molecule has 1 heterocycles. The minimum Gasteiger partial charge on any atom is -0.497 e. The normalized spacial score (nSPS) is 21.8. The molecule has 2 rings (SSSR count). The van der Waals surface area contributed by atoms with Gasteiger partial charge < -0.3 is 20.1 Å². The van der Waals surface area contributed by atoms with Crippen LogP contribution in [0, 0.1) is 5.41 Å². The molecular weight excluding hydrogens is 296 g/mol. The third-order valence-corrected chi connectivity index (χ3v) is 4.32. The van der Waals surface area contributed by atoms with Crippen molar-refractivity contribution in [3.8, 4) is 5.75 Å². The van der Waals surface area contributed by atoms with Crippen molar-refractivity contribution in [1.29, 1.82) is 0 Å². The summed E-state index contributed by atoms with van der Waals surface area (Å²) in [6, 6.07) is 7.48. The van der Waals surface area contributed by atoms with E-state index in [0.717, 1.165) is 11.3 Å². The second-order valence-corrected chi connectivity index (χ2v) is 6.44. The van der Waals surface area contributed by atoms with Gasteiger partial charge in [-0.15, -0.1) is 0 Å². The summed E-state index contributed by atoms with van der Waals surface area (Å²) < 4.78 is 5.19. The van der Waals surface area contributed by atoms with E-state index >= 15 is 0 Å². The molecule has 2 atom stereocenters. The molecule has 1 aromatic carbocycles. The van der Waals surface area contributed by atoms with Gasteiger partial charge in [-0.25, -0.2) is 4.79 Å². The number of nitrogens with zero attached hydrogens (tertiary/aromatic N) is 1. The van der Waals surface area contributed by atoms with Crippen LogP contribution in [0.15, 0.2) is 24.3 Å². The Morgan fingerprint density at radius 3 is 2.83 bits per heavy atom. The molecule has 0 bridgehead atoms. The molecule has 2 unspecified atom stereocenters. The molecule has 0 aromatic heterocycles. The molecule has 23 heavy (non-hydrogen) atoms. The van der Waals surface area contributed by atoms with Crippen molar-refractivity contribution in [2.75, 3.05) is 20.2 Å². The fourth-order valence-corrected chi connectivity index (χ4v) is 2.82. The Balaban J connectivity index is 1.89. The molecule has 2 N–H and O–H groups in total. The lowest BCUT2D eigenvalue weighted by molar-refractivity contribution is -0.146. The molecule has 6 heteroatoms. The van der Waals surface area contributed by atoms with Crippen molar-refractivity contribution in [2.45, 2.75) is 32.7 Å². The highest BCUT2D eigenvalue weighted by Crippen LogP contribution is 2.30. The Kier molecular flexibility index (Phi) is 5.13. The van der Waals surface area contributed by atoms with Crippen molar-refractivity contribution in [3.63, 3.8) is 0 Å². The van der Waals surface area contributed by atoms with Crippen LogP contribution in [0.1, 0.15) is 25.8 Å². The minimum absolute atomic E-state index is 0.0497. The van der Waals surface area contributed by atoms with E-state index in [2.05, 4.69) is 5.32 Å². The summed E-state index contributed by atoms with van der Waals surface area (Å²) in [5, 5.41) is 12.2. The summed E-state index contributed by atoms with van der Waals surface area (Å²) >= 11 is 0. The fraction of sp³-hybridized carbons (Fsp3) is 0.529. The number of carboxylic acids is 1. The van der Waals surface area contributed by atoms with Gasteiger partial charge in [0.15, 0.2) is 0 Å². The zero-order chi connectivity index (χ0) is 17.0. The first-order valence-corrected chi connectivity index (χ1v) is 7.76. The van der Waals surface area contributed by atoms with Gasteiger partial charge in [-0.05, 0) is 44.4 Å². The number of ether oxygens (including phenoxy) is 1. The van der Waals surface area contributed by atoms with Crippen LogP contribution in [-0.2, 0) is 11.2 Å². The molecule has 1 fully saturated rings. The Morgan fingerprint density at radius 1 is 1.48 bits per heavy atom. The van der Waals surface area contributed by atoms with E-state index in [1.54, 1.807) is 18.9 Å². The standard InChI is InChI=1S/C17H24N2O4/c1-12(9-13-5-4-6-14(10-13)23-3)18-16(22)19-8-7-17(2,11-19)15(20)21/h4-6,10,12H,7-9,11H2,1-3H3,(H,18,22)(H,20,21). The monoisotopic (exact) mass is 320 g/mol. The quantitative estimate of drug-likeness (QED) is 0.871. The third kappa shape index (κ3) is 4.15. The van der Waals surface area contributed by atoms with Gasteiger partial charge in [0.25, 0.3) is 0 Å². The van der Waals surface area contributed by atoms with E-state index in [-0.39, 0.29) is 18.6 Å². The first-order chi connectivity index (χ1) is 10.8. The van der Waals surface area contributed by atoms with E-state index in [4.69, 9.17) is 4.74 Å². The summed E-state index contributed by atoms with van der Waals surface area (Å²) in [5.74, 6) is -0.0602. The number of carboxylic acid groups (broad SMARTS) is 1. The molecule has 0 saturated carbocycles. The molecular formula is C17H24N2O4. The van der Waals surface area contributed by atoms with Gasteiger partial charge in [0, 0.05) is 19.1 Å². The first-order valence-electron chi connectivity index (χ1n) is 7.76. The number of rotatable bonds is 5. The Bertz CT molecular complexity index is 590. The van der Waals surface area contributed by atoms with Gasteiger partial charge in [-0.1, -0.05) is 12.1 Å². The van der Waals surface area contributed by atoms with Gasteiger partial charge in [0.05, 0.1) is 12.5 Å².